The van der Waals surface area contributed by atoms with Gasteiger partial charge in [0.1, 0.15) is 0 Å². The molecule has 58 valence electrons. The molecule has 1 aromatic rings. The van der Waals surface area contributed by atoms with Crippen molar-refractivity contribution < 1.29 is 4.92 Å². The molecule has 0 aliphatic carbocycles. The number of halogens is 1. The summed E-state index contributed by atoms with van der Waals surface area (Å²) in [5, 5.41) is 10.1. The van der Waals surface area contributed by atoms with E-state index < -0.39 is 10.7 Å². The molecular formula is C4H3ClN4O2. The Kier molecular flexibility index (Phi) is 1.86. The van der Waals surface area contributed by atoms with Crippen LogP contribution in [0.5, 0.6) is 0 Å². The Labute approximate surface area is 66.2 Å². The molecule has 0 saturated carbocycles. The van der Waals surface area contributed by atoms with Gasteiger partial charge in [-0.1, -0.05) is 0 Å². The first-order chi connectivity index (χ1) is 5.11. The third kappa shape index (κ3) is 1.53. The Morgan fingerprint density at radius 2 is 2.36 bits per heavy atom. The molecule has 0 radical (unpaired) electrons. The highest BCUT2D eigenvalue weighted by Crippen LogP contribution is 2.16. The highest BCUT2D eigenvalue weighted by atomic mass is 35.5. The topological polar surface area (TPSA) is 94.9 Å². The summed E-state index contributed by atoms with van der Waals surface area (Å²) in [4.78, 5) is 16.2. The molecule has 0 fully saturated rings. The van der Waals surface area contributed by atoms with Crippen LogP contribution < -0.4 is 5.73 Å². The summed E-state index contributed by atoms with van der Waals surface area (Å²) in [6.07, 6.45) is 1.14. The van der Waals surface area contributed by atoms with Gasteiger partial charge in [-0.05, 0) is 21.5 Å². The number of nitrogen functional groups attached to an aromatic ring is 1. The molecule has 0 aliphatic rings. The summed E-state index contributed by atoms with van der Waals surface area (Å²) in [5.41, 5.74) is 5.12. The highest BCUT2D eigenvalue weighted by Gasteiger charge is 2.14. The van der Waals surface area contributed by atoms with Crippen LogP contribution in [-0.4, -0.2) is 14.9 Å². The van der Waals surface area contributed by atoms with Crippen molar-refractivity contribution in [1.29, 1.82) is 0 Å². The van der Waals surface area contributed by atoms with Gasteiger partial charge in [-0.15, -0.1) is 0 Å². The number of aromatic nitrogens is 2. The average molecular weight is 175 g/mol. The van der Waals surface area contributed by atoms with Crippen LogP contribution in [0.15, 0.2) is 6.20 Å². The number of hydrogen-bond acceptors (Lipinski definition) is 5. The minimum Gasteiger partial charge on any atom is -0.377 e. The van der Waals surface area contributed by atoms with Crippen molar-refractivity contribution in [3.63, 3.8) is 0 Å². The van der Waals surface area contributed by atoms with E-state index in [-0.39, 0.29) is 11.0 Å². The average Bonchev–Trinajstić information content (AvgIpc) is 1.94. The lowest BCUT2D eigenvalue weighted by Gasteiger charge is -1.93. The van der Waals surface area contributed by atoms with Gasteiger partial charge in [-0.2, -0.15) is 0 Å². The largest absolute Gasteiger partial charge is 0.407 e. The van der Waals surface area contributed by atoms with Gasteiger partial charge in [0.2, 0.25) is 5.82 Å². The summed E-state index contributed by atoms with van der Waals surface area (Å²) in [6.45, 7) is 0. The monoisotopic (exact) mass is 174 g/mol. The van der Waals surface area contributed by atoms with Crippen molar-refractivity contribution in [2.45, 2.75) is 0 Å². The van der Waals surface area contributed by atoms with Crippen LogP contribution in [0, 0.1) is 10.1 Å². The Hall–Kier alpha value is -1.43. The van der Waals surface area contributed by atoms with E-state index in [1.807, 2.05) is 0 Å². The van der Waals surface area contributed by atoms with E-state index in [2.05, 4.69) is 9.97 Å². The minimum atomic E-state index is -0.742. The first-order valence-electron chi connectivity index (χ1n) is 2.53. The van der Waals surface area contributed by atoms with Gasteiger partial charge in [-0.3, -0.25) is 0 Å². The minimum absolute atomic E-state index is 0.0501. The van der Waals surface area contributed by atoms with Gasteiger partial charge < -0.3 is 15.8 Å². The first-order valence-corrected chi connectivity index (χ1v) is 2.91. The summed E-state index contributed by atoms with van der Waals surface area (Å²) in [5.74, 6) is -0.753. The fraction of sp³-hybridized carbons (Fsp3) is 0. The highest BCUT2D eigenvalue weighted by molar-refractivity contribution is 6.29. The van der Waals surface area contributed by atoms with Crippen LogP contribution in [0.25, 0.3) is 0 Å². The van der Waals surface area contributed by atoms with E-state index in [1.165, 1.54) is 0 Å². The van der Waals surface area contributed by atoms with Gasteiger partial charge in [0.05, 0.1) is 6.20 Å². The van der Waals surface area contributed by atoms with Gasteiger partial charge in [0, 0.05) is 0 Å². The fourth-order valence-corrected chi connectivity index (χ4v) is 0.631. The molecule has 7 heteroatoms. The molecule has 0 unspecified atom stereocenters. The third-order valence-corrected chi connectivity index (χ3v) is 1.11. The van der Waals surface area contributed by atoms with E-state index in [9.17, 15) is 10.1 Å². The molecule has 1 aromatic heterocycles. The molecule has 0 aliphatic heterocycles. The number of nitrogens with two attached hydrogens (primary N) is 1. The normalized spacial score (nSPS) is 9.55. The zero-order chi connectivity index (χ0) is 8.43. The molecule has 2 N–H and O–H groups in total. The van der Waals surface area contributed by atoms with E-state index >= 15 is 0 Å². The zero-order valence-electron chi connectivity index (χ0n) is 5.19. The molecule has 0 spiro atoms. The van der Waals surface area contributed by atoms with Crippen molar-refractivity contribution in [3.05, 3.63) is 21.5 Å². The van der Waals surface area contributed by atoms with Crippen LogP contribution in [-0.2, 0) is 0 Å². The second-order valence-electron chi connectivity index (χ2n) is 1.66. The van der Waals surface area contributed by atoms with Crippen molar-refractivity contribution >= 4 is 23.2 Å². The standard InChI is InChI=1S/C4H3ClN4O2/c5-2-1-7-3(6)4(8-2)9(10)11/h1H,(H2,6,7). The molecule has 0 bridgehead atoms. The molecule has 11 heavy (non-hydrogen) atoms. The van der Waals surface area contributed by atoms with Gasteiger partial charge in [-0.25, -0.2) is 4.98 Å². The number of anilines is 1. The number of rotatable bonds is 1. The fourth-order valence-electron chi connectivity index (χ4n) is 0.502. The Morgan fingerprint density at radius 1 is 1.73 bits per heavy atom. The predicted octanol–water partition coefficient (Wildman–Crippen LogP) is 0.620. The molecule has 1 rings (SSSR count). The summed E-state index contributed by atoms with van der Waals surface area (Å²) >= 11 is 5.33. The zero-order valence-corrected chi connectivity index (χ0v) is 5.95. The van der Waals surface area contributed by atoms with Crippen molar-refractivity contribution in [2.24, 2.45) is 0 Å². The summed E-state index contributed by atoms with van der Waals surface area (Å²) in [6, 6.07) is 0. The maximum Gasteiger partial charge on any atom is 0.407 e. The van der Waals surface area contributed by atoms with Crippen LogP contribution in [0.4, 0.5) is 11.6 Å². The van der Waals surface area contributed by atoms with E-state index in [4.69, 9.17) is 17.3 Å². The third-order valence-electron chi connectivity index (χ3n) is 0.925. The Morgan fingerprint density at radius 3 is 2.82 bits per heavy atom. The lowest BCUT2D eigenvalue weighted by molar-refractivity contribution is -0.388. The molecular weight excluding hydrogens is 172 g/mol. The van der Waals surface area contributed by atoms with E-state index in [0.717, 1.165) is 6.20 Å². The van der Waals surface area contributed by atoms with Crippen LogP contribution >= 0.6 is 11.6 Å². The van der Waals surface area contributed by atoms with E-state index in [0.29, 0.717) is 0 Å². The molecule has 0 amide bonds. The van der Waals surface area contributed by atoms with Gasteiger partial charge in [0.25, 0.3) is 5.15 Å². The maximum atomic E-state index is 10.1. The van der Waals surface area contributed by atoms with Crippen LogP contribution in [0.3, 0.4) is 0 Å². The van der Waals surface area contributed by atoms with Crippen LogP contribution in [0.1, 0.15) is 0 Å². The lowest BCUT2D eigenvalue weighted by atomic mass is 10.6. The van der Waals surface area contributed by atoms with Crippen LogP contribution in [0.2, 0.25) is 5.15 Å². The molecule has 0 atom stereocenters. The Bertz CT molecular complexity index is 302. The molecule has 0 saturated heterocycles. The van der Waals surface area contributed by atoms with Crippen molar-refractivity contribution in [3.8, 4) is 0 Å². The van der Waals surface area contributed by atoms with Gasteiger partial charge in [0.15, 0.2) is 0 Å². The second-order valence-corrected chi connectivity index (χ2v) is 2.05. The molecule has 6 nitrogen and oxygen atoms in total. The van der Waals surface area contributed by atoms with Gasteiger partial charge >= 0.3 is 5.82 Å². The first kappa shape index (κ1) is 7.67. The van der Waals surface area contributed by atoms with Crippen molar-refractivity contribution in [1.82, 2.24) is 9.97 Å². The Balaban J connectivity index is 3.23. The van der Waals surface area contributed by atoms with E-state index in [1.54, 1.807) is 0 Å². The summed E-state index contributed by atoms with van der Waals surface area (Å²) in [7, 11) is 0. The predicted molar refractivity (Wildman–Crippen MR) is 38.1 cm³/mol. The number of nitro groups is 1. The second kappa shape index (κ2) is 2.67. The van der Waals surface area contributed by atoms with Crippen molar-refractivity contribution in [2.75, 3.05) is 5.73 Å². The maximum absolute atomic E-state index is 10.1. The number of hydrogen-bond donors (Lipinski definition) is 1. The quantitative estimate of drug-likeness (QED) is 0.497. The smallest absolute Gasteiger partial charge is 0.377 e. The number of nitrogens with zero attached hydrogens (tertiary/aromatic N) is 3. The molecule has 1 heterocycles. The SMILES string of the molecule is Nc1ncc(Cl)nc1[N+](=O)[O-]. The molecule has 0 aromatic carbocycles. The summed E-state index contributed by atoms with van der Waals surface area (Å²) < 4.78 is 0. The lowest BCUT2D eigenvalue weighted by Crippen LogP contribution is -2.00.